The lowest BCUT2D eigenvalue weighted by molar-refractivity contribution is -0.142. The van der Waals surface area contributed by atoms with Crippen molar-refractivity contribution in [1.82, 2.24) is 0 Å². The first-order chi connectivity index (χ1) is 10.1. The molecule has 1 aliphatic heterocycles. The number of ether oxygens (including phenoxy) is 1. The fourth-order valence-corrected chi connectivity index (χ4v) is 3.32. The molecule has 0 unspecified atom stereocenters. The predicted molar refractivity (Wildman–Crippen MR) is 86.8 cm³/mol. The smallest absolute Gasteiger partial charge is 0.306 e. The van der Waals surface area contributed by atoms with E-state index in [4.69, 9.17) is 9.16 Å². The van der Waals surface area contributed by atoms with Crippen molar-refractivity contribution in [2.45, 2.75) is 57.3 Å². The number of carbonyl (C=O) groups is 1. The number of hydrogen-bond acceptors (Lipinski definition) is 3. The van der Waals surface area contributed by atoms with Crippen LogP contribution in [0.4, 0.5) is 4.39 Å². The SMILES string of the molecule is CC(C)(C)[Si](C)(C)OC[C@@H]1OC(=O)C[C@H]1c1ccc(F)cc1. The van der Waals surface area contributed by atoms with Crippen molar-refractivity contribution >= 4 is 14.3 Å². The number of esters is 1. The van der Waals surface area contributed by atoms with Crippen LogP contribution >= 0.6 is 0 Å². The summed E-state index contributed by atoms with van der Waals surface area (Å²) in [6.45, 7) is 11.3. The van der Waals surface area contributed by atoms with Crippen molar-refractivity contribution in [3.63, 3.8) is 0 Å². The zero-order valence-corrected chi connectivity index (χ0v) is 15.0. The van der Waals surface area contributed by atoms with E-state index in [0.29, 0.717) is 13.0 Å². The molecule has 0 aromatic heterocycles. The average molecular weight is 324 g/mol. The van der Waals surface area contributed by atoms with Crippen LogP contribution in [0.5, 0.6) is 0 Å². The zero-order valence-electron chi connectivity index (χ0n) is 14.0. The minimum atomic E-state index is -1.89. The van der Waals surface area contributed by atoms with E-state index in [1.165, 1.54) is 12.1 Å². The van der Waals surface area contributed by atoms with Crippen LogP contribution in [0.2, 0.25) is 18.1 Å². The van der Waals surface area contributed by atoms with Gasteiger partial charge in [0.25, 0.3) is 0 Å². The predicted octanol–water partition coefficient (Wildman–Crippen LogP) is 4.25. The zero-order chi connectivity index (χ0) is 16.5. The highest BCUT2D eigenvalue weighted by atomic mass is 28.4. The summed E-state index contributed by atoms with van der Waals surface area (Å²) in [5, 5.41) is 0.112. The Labute approximate surface area is 132 Å². The lowest BCUT2D eigenvalue weighted by Crippen LogP contribution is -2.43. The highest BCUT2D eigenvalue weighted by Crippen LogP contribution is 2.38. The lowest BCUT2D eigenvalue weighted by Gasteiger charge is -2.37. The number of halogens is 1. The quantitative estimate of drug-likeness (QED) is 0.613. The lowest BCUT2D eigenvalue weighted by atomic mass is 9.93. The van der Waals surface area contributed by atoms with E-state index in [9.17, 15) is 9.18 Å². The molecule has 0 amide bonds. The standard InChI is InChI=1S/C17H25FO3Si/c1-17(2,3)22(4,5)20-11-15-14(10-16(19)21-15)12-6-8-13(18)9-7-12/h6-9,14-15H,10-11H2,1-5H3/t14-,15-/m0/s1. The first kappa shape index (κ1) is 17.2. The molecule has 0 spiro atoms. The molecule has 1 aromatic rings. The van der Waals surface area contributed by atoms with Crippen LogP contribution in [0.3, 0.4) is 0 Å². The van der Waals surface area contributed by atoms with Crippen LogP contribution in [0, 0.1) is 5.82 Å². The van der Waals surface area contributed by atoms with E-state index < -0.39 is 8.32 Å². The van der Waals surface area contributed by atoms with Crippen LogP contribution in [0.1, 0.15) is 38.7 Å². The molecule has 1 heterocycles. The van der Waals surface area contributed by atoms with Crippen LogP contribution in [-0.2, 0) is 14.0 Å². The van der Waals surface area contributed by atoms with E-state index in [0.717, 1.165) is 5.56 Å². The van der Waals surface area contributed by atoms with Gasteiger partial charge in [-0.3, -0.25) is 4.79 Å². The van der Waals surface area contributed by atoms with E-state index >= 15 is 0 Å². The summed E-state index contributed by atoms with van der Waals surface area (Å²) in [6, 6.07) is 6.29. The maximum absolute atomic E-state index is 13.1. The summed E-state index contributed by atoms with van der Waals surface area (Å²) in [4.78, 5) is 11.7. The third kappa shape index (κ3) is 3.76. The second-order valence-electron chi connectivity index (χ2n) is 7.46. The Bertz CT molecular complexity index is 534. The largest absolute Gasteiger partial charge is 0.459 e. The van der Waals surface area contributed by atoms with Crippen molar-refractivity contribution in [1.29, 1.82) is 0 Å². The van der Waals surface area contributed by atoms with Gasteiger partial charge in [-0.25, -0.2) is 4.39 Å². The average Bonchev–Trinajstić information content (AvgIpc) is 2.77. The normalized spacial score (nSPS) is 22.7. The van der Waals surface area contributed by atoms with Gasteiger partial charge in [-0.05, 0) is 35.8 Å². The van der Waals surface area contributed by atoms with Gasteiger partial charge in [-0.2, -0.15) is 0 Å². The molecule has 2 rings (SSSR count). The molecule has 0 aliphatic carbocycles. The fraction of sp³-hybridized carbons (Fsp3) is 0.588. The first-order valence-corrected chi connectivity index (χ1v) is 10.6. The molecule has 3 nitrogen and oxygen atoms in total. The molecule has 22 heavy (non-hydrogen) atoms. The third-order valence-corrected chi connectivity index (χ3v) is 9.33. The van der Waals surface area contributed by atoms with Crippen molar-refractivity contribution in [2.75, 3.05) is 6.61 Å². The van der Waals surface area contributed by atoms with Gasteiger partial charge in [0.05, 0.1) is 13.0 Å². The van der Waals surface area contributed by atoms with Crippen molar-refractivity contribution < 1.29 is 18.3 Å². The molecule has 5 heteroatoms. The minimum absolute atomic E-state index is 0.0575. The van der Waals surface area contributed by atoms with E-state index in [1.807, 2.05) is 0 Å². The van der Waals surface area contributed by atoms with E-state index in [-0.39, 0.29) is 28.8 Å². The molecule has 0 radical (unpaired) electrons. The van der Waals surface area contributed by atoms with Crippen molar-refractivity contribution in [2.24, 2.45) is 0 Å². The Morgan fingerprint density at radius 3 is 2.41 bits per heavy atom. The summed E-state index contributed by atoms with van der Waals surface area (Å²) >= 11 is 0. The Morgan fingerprint density at radius 2 is 1.86 bits per heavy atom. The molecule has 0 bridgehead atoms. The van der Waals surface area contributed by atoms with Gasteiger partial charge in [0.2, 0.25) is 0 Å². The molecule has 0 N–H and O–H groups in total. The van der Waals surface area contributed by atoms with Gasteiger partial charge >= 0.3 is 5.97 Å². The Morgan fingerprint density at radius 1 is 1.27 bits per heavy atom. The van der Waals surface area contributed by atoms with Crippen LogP contribution in [0.25, 0.3) is 0 Å². The topological polar surface area (TPSA) is 35.5 Å². The summed E-state index contributed by atoms with van der Waals surface area (Å²) in [5.41, 5.74) is 0.927. The van der Waals surface area contributed by atoms with Gasteiger partial charge in [-0.1, -0.05) is 32.9 Å². The summed E-state index contributed by atoms with van der Waals surface area (Å²) in [7, 11) is -1.89. The second kappa shape index (κ2) is 6.12. The monoisotopic (exact) mass is 324 g/mol. The van der Waals surface area contributed by atoms with Gasteiger partial charge in [-0.15, -0.1) is 0 Å². The molecular formula is C17H25FO3Si. The van der Waals surface area contributed by atoms with Gasteiger partial charge in [0.15, 0.2) is 8.32 Å². The van der Waals surface area contributed by atoms with Crippen molar-refractivity contribution in [3.8, 4) is 0 Å². The Balaban J connectivity index is 2.09. The summed E-state index contributed by atoms with van der Waals surface area (Å²) in [6.07, 6.45) is 0.0454. The molecular weight excluding hydrogens is 299 g/mol. The van der Waals surface area contributed by atoms with Gasteiger partial charge in [0, 0.05) is 5.92 Å². The summed E-state index contributed by atoms with van der Waals surface area (Å²) < 4.78 is 24.7. The maximum Gasteiger partial charge on any atom is 0.306 e. The Kier molecular flexibility index (Phi) is 4.78. The van der Waals surface area contributed by atoms with Crippen LogP contribution < -0.4 is 0 Å². The summed E-state index contributed by atoms with van der Waals surface area (Å²) in [5.74, 6) is -0.543. The third-order valence-electron chi connectivity index (χ3n) is 4.83. The maximum atomic E-state index is 13.1. The number of rotatable bonds is 4. The first-order valence-electron chi connectivity index (χ1n) is 7.69. The highest BCUT2D eigenvalue weighted by Gasteiger charge is 2.41. The number of carbonyl (C=O) groups excluding carboxylic acids is 1. The second-order valence-corrected chi connectivity index (χ2v) is 12.3. The highest BCUT2D eigenvalue weighted by molar-refractivity contribution is 6.74. The number of hydrogen-bond donors (Lipinski definition) is 0. The molecule has 1 fully saturated rings. The van der Waals surface area contributed by atoms with E-state index in [2.05, 4.69) is 33.9 Å². The van der Waals surface area contributed by atoms with Crippen LogP contribution in [0.15, 0.2) is 24.3 Å². The fourth-order valence-electron chi connectivity index (χ4n) is 2.31. The molecule has 1 aromatic carbocycles. The van der Waals surface area contributed by atoms with Crippen LogP contribution in [-0.4, -0.2) is 27.0 Å². The minimum Gasteiger partial charge on any atom is -0.459 e. The number of benzene rings is 1. The molecule has 122 valence electrons. The van der Waals surface area contributed by atoms with E-state index in [1.54, 1.807) is 12.1 Å². The Hall–Kier alpha value is -1.20. The number of cyclic esters (lactones) is 1. The van der Waals surface area contributed by atoms with Gasteiger partial charge < -0.3 is 9.16 Å². The molecule has 1 aliphatic rings. The molecule has 0 saturated carbocycles. The molecule has 2 atom stereocenters. The molecule has 1 saturated heterocycles. The van der Waals surface area contributed by atoms with Crippen molar-refractivity contribution in [3.05, 3.63) is 35.6 Å². The van der Waals surface area contributed by atoms with Gasteiger partial charge in [0.1, 0.15) is 11.9 Å².